The Morgan fingerprint density at radius 2 is 1.29 bits per heavy atom. The summed E-state index contributed by atoms with van der Waals surface area (Å²) in [5.41, 5.74) is -1.58. The smallest absolute Gasteiger partial charge is 0.309 e. The van der Waals surface area contributed by atoms with Crippen molar-refractivity contribution < 1.29 is 19.8 Å². The Morgan fingerprint density at radius 1 is 0.714 bits per heavy atom. The van der Waals surface area contributed by atoms with E-state index in [2.05, 4.69) is 5.92 Å². The molecule has 8 fully saturated rings. The minimum Gasteiger partial charge on any atom is -0.481 e. The van der Waals surface area contributed by atoms with Gasteiger partial charge in [-0.3, -0.25) is 9.59 Å². The van der Waals surface area contributed by atoms with Crippen LogP contribution in [-0.2, 0) is 9.59 Å². The first kappa shape index (κ1) is 17.4. The van der Waals surface area contributed by atoms with E-state index in [4.69, 9.17) is 6.42 Å². The molecule has 0 aromatic heterocycles. The molecule has 0 radical (unpaired) electrons. The molecular weight excluding hydrogens is 352 g/mol. The third-order valence-corrected chi connectivity index (χ3v) is 10.5. The van der Waals surface area contributed by atoms with Gasteiger partial charge in [-0.15, -0.1) is 6.42 Å². The molecule has 4 nitrogen and oxygen atoms in total. The molecule has 8 rings (SSSR count). The summed E-state index contributed by atoms with van der Waals surface area (Å²) < 4.78 is 0. The number of rotatable bonds is 3. The van der Waals surface area contributed by atoms with Crippen molar-refractivity contribution in [2.75, 3.05) is 0 Å². The van der Waals surface area contributed by atoms with Crippen molar-refractivity contribution in [3.63, 3.8) is 0 Å². The fourth-order valence-electron chi connectivity index (χ4n) is 10.6. The van der Waals surface area contributed by atoms with Crippen LogP contribution in [-0.4, -0.2) is 22.2 Å². The Hall–Kier alpha value is -1.50. The number of carboxylic acid groups (broad SMARTS) is 2. The van der Waals surface area contributed by atoms with Gasteiger partial charge in [-0.2, -0.15) is 0 Å². The highest BCUT2D eigenvalue weighted by Crippen LogP contribution is 2.80. The van der Waals surface area contributed by atoms with Crippen LogP contribution < -0.4 is 0 Å². The van der Waals surface area contributed by atoms with Gasteiger partial charge in [-0.25, -0.2) is 0 Å². The predicted octanol–water partition coefficient (Wildman–Crippen LogP) is 4.33. The molecule has 0 heterocycles. The van der Waals surface area contributed by atoms with E-state index in [0.29, 0.717) is 24.2 Å². The van der Waals surface area contributed by atoms with Crippen LogP contribution in [0.15, 0.2) is 0 Å². The highest BCUT2D eigenvalue weighted by molar-refractivity contribution is 5.77. The van der Waals surface area contributed by atoms with E-state index in [-0.39, 0.29) is 16.2 Å². The van der Waals surface area contributed by atoms with Gasteiger partial charge in [0.15, 0.2) is 0 Å². The molecule has 28 heavy (non-hydrogen) atoms. The quantitative estimate of drug-likeness (QED) is 0.713. The van der Waals surface area contributed by atoms with Gasteiger partial charge in [0.05, 0.1) is 10.8 Å². The lowest BCUT2D eigenvalue weighted by Crippen LogP contribution is -2.68. The maximum absolute atomic E-state index is 12.5. The third kappa shape index (κ3) is 1.85. The standard InChI is InChI=1S/C24H30O4/c1-2-20-4-17-7-22(11-20,19(27)28)14-24(10-17,12-20)23-8-15-3-16(9-23)6-21(5-15,13-23)18(25)26/h1,15-17H,3-14H2,(H,25,26)(H,27,28). The van der Waals surface area contributed by atoms with Crippen molar-refractivity contribution >= 4 is 11.9 Å². The molecule has 6 atom stereocenters. The molecule has 8 aliphatic rings. The fourth-order valence-corrected chi connectivity index (χ4v) is 10.6. The Labute approximate surface area is 166 Å². The van der Waals surface area contributed by atoms with Gasteiger partial charge in [0.2, 0.25) is 0 Å². The minimum absolute atomic E-state index is 0.00220. The predicted molar refractivity (Wildman–Crippen MR) is 102 cm³/mol. The molecule has 0 spiro atoms. The molecule has 150 valence electrons. The summed E-state index contributed by atoms with van der Waals surface area (Å²) in [7, 11) is 0. The van der Waals surface area contributed by atoms with Crippen molar-refractivity contribution in [3.8, 4) is 12.3 Å². The Balaban J connectivity index is 1.50. The van der Waals surface area contributed by atoms with Gasteiger partial charge in [-0.05, 0) is 106 Å². The number of aliphatic carboxylic acids is 2. The van der Waals surface area contributed by atoms with Gasteiger partial charge in [0, 0.05) is 5.41 Å². The molecule has 0 aromatic rings. The number of terminal acetylenes is 1. The lowest BCUT2D eigenvalue weighted by Gasteiger charge is -2.74. The van der Waals surface area contributed by atoms with E-state index >= 15 is 0 Å². The first-order valence-electron chi connectivity index (χ1n) is 11.1. The first-order chi connectivity index (χ1) is 13.2. The van der Waals surface area contributed by atoms with Gasteiger partial charge >= 0.3 is 11.9 Å². The van der Waals surface area contributed by atoms with Crippen LogP contribution in [0.25, 0.3) is 0 Å². The average molecular weight is 383 g/mol. The summed E-state index contributed by atoms with van der Waals surface area (Å²) in [6.45, 7) is 0. The molecular formula is C24H30O4. The topological polar surface area (TPSA) is 74.6 Å². The average Bonchev–Trinajstić information content (AvgIpc) is 2.59. The van der Waals surface area contributed by atoms with E-state index in [0.717, 1.165) is 64.2 Å². The summed E-state index contributed by atoms with van der Waals surface area (Å²) in [5, 5.41) is 20.4. The second-order valence-electron chi connectivity index (χ2n) is 12.1. The molecule has 0 aliphatic heterocycles. The third-order valence-electron chi connectivity index (χ3n) is 10.5. The SMILES string of the molecule is C#CC12CC3CC(C(=O)O)(C1)CC(C14CC5CC(CC(C(=O)O)(C5)C1)C4)(C3)C2. The zero-order valence-electron chi connectivity index (χ0n) is 16.5. The first-order valence-corrected chi connectivity index (χ1v) is 11.1. The van der Waals surface area contributed by atoms with E-state index in [1.165, 1.54) is 6.42 Å². The van der Waals surface area contributed by atoms with E-state index < -0.39 is 22.8 Å². The van der Waals surface area contributed by atoms with E-state index in [1.54, 1.807) is 0 Å². The van der Waals surface area contributed by atoms with Crippen LogP contribution in [0, 0.1) is 57.2 Å². The molecule has 0 amide bonds. The highest BCUT2D eigenvalue weighted by Gasteiger charge is 2.74. The number of hydrogen-bond donors (Lipinski definition) is 2. The van der Waals surface area contributed by atoms with Gasteiger partial charge < -0.3 is 10.2 Å². The van der Waals surface area contributed by atoms with Crippen molar-refractivity contribution in [1.29, 1.82) is 0 Å². The second kappa shape index (κ2) is 4.79. The monoisotopic (exact) mass is 382 g/mol. The lowest BCUT2D eigenvalue weighted by molar-refractivity contribution is -0.251. The Kier molecular flexibility index (Phi) is 2.97. The molecule has 2 N–H and O–H groups in total. The number of hydrogen-bond acceptors (Lipinski definition) is 2. The van der Waals surface area contributed by atoms with Crippen molar-refractivity contribution in [2.24, 2.45) is 44.8 Å². The molecule has 8 saturated carbocycles. The molecule has 6 unspecified atom stereocenters. The molecule has 8 aliphatic carbocycles. The molecule has 8 bridgehead atoms. The van der Waals surface area contributed by atoms with Gasteiger partial charge in [-0.1, -0.05) is 5.92 Å². The maximum atomic E-state index is 12.5. The largest absolute Gasteiger partial charge is 0.481 e. The van der Waals surface area contributed by atoms with Crippen molar-refractivity contribution in [1.82, 2.24) is 0 Å². The van der Waals surface area contributed by atoms with Crippen LogP contribution in [0.1, 0.15) is 77.0 Å². The van der Waals surface area contributed by atoms with Crippen LogP contribution in [0.4, 0.5) is 0 Å². The second-order valence-corrected chi connectivity index (χ2v) is 12.1. The maximum Gasteiger partial charge on any atom is 0.309 e. The number of carboxylic acids is 2. The fraction of sp³-hybridized carbons (Fsp3) is 0.833. The molecule has 0 aromatic carbocycles. The summed E-state index contributed by atoms with van der Waals surface area (Å²) >= 11 is 0. The van der Waals surface area contributed by atoms with Crippen LogP contribution >= 0.6 is 0 Å². The van der Waals surface area contributed by atoms with E-state index in [1.807, 2.05) is 0 Å². The Bertz CT molecular complexity index is 824. The summed E-state index contributed by atoms with van der Waals surface area (Å²) in [6.07, 6.45) is 17.1. The highest BCUT2D eigenvalue weighted by atomic mass is 16.4. The summed E-state index contributed by atoms with van der Waals surface area (Å²) in [5.74, 6) is 3.26. The van der Waals surface area contributed by atoms with Gasteiger partial charge in [0.25, 0.3) is 0 Å². The zero-order chi connectivity index (χ0) is 19.6. The molecule has 4 heteroatoms. The summed E-state index contributed by atoms with van der Waals surface area (Å²) in [4.78, 5) is 24.9. The summed E-state index contributed by atoms with van der Waals surface area (Å²) in [6, 6.07) is 0. The normalized spacial score (nSPS) is 57.9. The molecule has 0 saturated heterocycles. The van der Waals surface area contributed by atoms with E-state index in [9.17, 15) is 19.8 Å². The minimum atomic E-state index is -0.675. The lowest BCUT2D eigenvalue weighted by atomic mass is 9.29. The van der Waals surface area contributed by atoms with Crippen molar-refractivity contribution in [3.05, 3.63) is 0 Å². The van der Waals surface area contributed by atoms with Crippen LogP contribution in [0.3, 0.4) is 0 Å². The van der Waals surface area contributed by atoms with Gasteiger partial charge in [0.1, 0.15) is 0 Å². The van der Waals surface area contributed by atoms with Crippen LogP contribution in [0.5, 0.6) is 0 Å². The van der Waals surface area contributed by atoms with Crippen molar-refractivity contribution in [2.45, 2.75) is 77.0 Å². The van der Waals surface area contributed by atoms with Crippen LogP contribution in [0.2, 0.25) is 0 Å². The number of carbonyl (C=O) groups is 2. The zero-order valence-corrected chi connectivity index (χ0v) is 16.5. The Morgan fingerprint density at radius 3 is 1.89 bits per heavy atom.